The van der Waals surface area contributed by atoms with Crippen LogP contribution < -0.4 is 0 Å². The molecule has 1 aromatic heterocycles. The Morgan fingerprint density at radius 3 is 2.22 bits per heavy atom. The van der Waals surface area contributed by atoms with Crippen molar-refractivity contribution in [2.45, 2.75) is 71.1 Å². The molecule has 2 heterocycles. The van der Waals surface area contributed by atoms with Gasteiger partial charge in [0.25, 0.3) is 0 Å². The third kappa shape index (κ3) is 6.35. The Morgan fingerprint density at radius 2 is 1.65 bits per heavy atom. The maximum atomic E-state index is 12.8. The molecule has 1 N–H and O–H groups in total. The lowest BCUT2D eigenvalue weighted by molar-refractivity contribution is -0.126. The Morgan fingerprint density at radius 1 is 1.05 bits per heavy atom. The molecule has 4 rings (SSSR count). The molecule has 3 aromatic rings. The minimum absolute atomic E-state index is 0.0579. The van der Waals surface area contributed by atoms with Crippen molar-refractivity contribution in [2.75, 3.05) is 13.1 Å². The lowest BCUT2D eigenvalue weighted by atomic mass is 9.78. The fourth-order valence-corrected chi connectivity index (χ4v) is 6.17. The van der Waals surface area contributed by atoms with E-state index in [1.807, 2.05) is 35.2 Å². The quantitative estimate of drug-likeness (QED) is 0.316. The summed E-state index contributed by atoms with van der Waals surface area (Å²) in [5.41, 5.74) is 4.57. The van der Waals surface area contributed by atoms with Crippen LogP contribution in [-0.4, -0.2) is 34.0 Å². The van der Waals surface area contributed by atoms with Gasteiger partial charge in [-0.3, -0.25) is 4.79 Å². The van der Waals surface area contributed by atoms with Gasteiger partial charge in [-0.05, 0) is 53.5 Å². The molecule has 1 aliphatic rings. The van der Waals surface area contributed by atoms with Crippen molar-refractivity contribution in [2.24, 2.45) is 0 Å². The van der Waals surface area contributed by atoms with Crippen LogP contribution in [0.1, 0.15) is 82.0 Å². The molecule has 0 aliphatic carbocycles. The van der Waals surface area contributed by atoms with Crippen LogP contribution in [0.15, 0.2) is 52.3 Å². The summed E-state index contributed by atoms with van der Waals surface area (Å²) in [6.45, 7) is 14.3. The number of carbonyl (C=O) groups excluding carboxylic acids is 1. The van der Waals surface area contributed by atoms with E-state index in [0.29, 0.717) is 11.7 Å². The summed E-state index contributed by atoms with van der Waals surface area (Å²) >= 11 is 5.24. The molecule has 196 valence electrons. The first-order chi connectivity index (χ1) is 17.3. The van der Waals surface area contributed by atoms with Gasteiger partial charge in [0.15, 0.2) is 0 Å². The highest BCUT2D eigenvalue weighted by Crippen LogP contribution is 2.42. The van der Waals surface area contributed by atoms with Crippen LogP contribution >= 0.6 is 27.3 Å². The van der Waals surface area contributed by atoms with Crippen LogP contribution in [0.3, 0.4) is 0 Å². The van der Waals surface area contributed by atoms with Gasteiger partial charge in [0, 0.05) is 51.6 Å². The number of likely N-dealkylation sites (tertiary alicyclic amines) is 1. The van der Waals surface area contributed by atoms with Crippen molar-refractivity contribution < 1.29 is 9.90 Å². The van der Waals surface area contributed by atoms with E-state index < -0.39 is 0 Å². The normalized spacial score (nSPS) is 15.5. The molecule has 2 aromatic carbocycles. The topological polar surface area (TPSA) is 53.4 Å². The summed E-state index contributed by atoms with van der Waals surface area (Å²) in [7, 11) is 0. The van der Waals surface area contributed by atoms with Gasteiger partial charge in [-0.2, -0.15) is 0 Å². The molecule has 0 radical (unpaired) electrons. The standard InChI is InChI=1S/C31H37BrN2O2S/c1-30(2,3)23-17-22(18-24(28(23)36)31(4,5)6)26-19-37-29(33-26)21-13-15-34(16-14-21)27(35)12-11-20-9-7-8-10-25(20)32/h7-12,17-19,21,36H,13-16H2,1-6H3/b12-11+. The molecule has 37 heavy (non-hydrogen) atoms. The number of rotatable bonds is 4. The van der Waals surface area contributed by atoms with Crippen LogP contribution in [0.5, 0.6) is 5.75 Å². The van der Waals surface area contributed by atoms with Gasteiger partial charge in [-0.25, -0.2) is 4.98 Å². The zero-order valence-electron chi connectivity index (χ0n) is 22.6. The number of nitrogens with zero attached hydrogens (tertiary/aromatic N) is 2. The smallest absolute Gasteiger partial charge is 0.246 e. The summed E-state index contributed by atoms with van der Waals surface area (Å²) in [5, 5.41) is 14.3. The van der Waals surface area contributed by atoms with E-state index in [4.69, 9.17) is 4.98 Å². The first kappa shape index (κ1) is 27.6. The number of aromatic hydroxyl groups is 1. The second-order valence-corrected chi connectivity index (χ2v) is 13.7. The van der Waals surface area contributed by atoms with Crippen LogP contribution in [0, 0.1) is 0 Å². The number of aromatic nitrogens is 1. The molecule has 0 atom stereocenters. The first-order valence-electron chi connectivity index (χ1n) is 12.9. The van der Waals surface area contributed by atoms with Crippen molar-refractivity contribution in [3.8, 4) is 17.0 Å². The van der Waals surface area contributed by atoms with Crippen molar-refractivity contribution >= 4 is 39.2 Å². The number of phenols is 1. The van der Waals surface area contributed by atoms with Crippen LogP contribution in [-0.2, 0) is 15.6 Å². The summed E-state index contributed by atoms with van der Waals surface area (Å²) in [4.78, 5) is 19.7. The Hall–Kier alpha value is -2.44. The number of halogens is 1. The van der Waals surface area contributed by atoms with Gasteiger partial charge >= 0.3 is 0 Å². The lowest BCUT2D eigenvalue weighted by Gasteiger charge is -2.30. The fraction of sp³-hybridized carbons (Fsp3) is 0.419. The van der Waals surface area contributed by atoms with E-state index in [0.717, 1.165) is 63.4 Å². The van der Waals surface area contributed by atoms with Crippen molar-refractivity contribution in [1.82, 2.24) is 9.88 Å². The average molecular weight is 582 g/mol. The van der Waals surface area contributed by atoms with Gasteiger partial charge in [-0.15, -0.1) is 11.3 Å². The number of phenolic OH excluding ortho intramolecular Hbond substituents is 1. The third-order valence-electron chi connectivity index (χ3n) is 7.01. The van der Waals surface area contributed by atoms with Crippen molar-refractivity contribution in [1.29, 1.82) is 0 Å². The van der Waals surface area contributed by atoms with E-state index >= 15 is 0 Å². The molecule has 1 amide bonds. The Balaban J connectivity index is 1.48. The highest BCUT2D eigenvalue weighted by atomic mass is 79.9. The fourth-order valence-electron chi connectivity index (χ4n) is 4.76. The Bertz CT molecular complexity index is 1270. The molecule has 1 aliphatic heterocycles. The minimum atomic E-state index is -0.177. The number of hydrogen-bond acceptors (Lipinski definition) is 4. The zero-order chi connectivity index (χ0) is 27.0. The SMILES string of the molecule is CC(C)(C)c1cc(-c2csc(C3CCN(C(=O)/C=C/c4ccccc4Br)CC3)n2)cc(C(C)(C)C)c1O. The van der Waals surface area contributed by atoms with Gasteiger partial charge in [0.2, 0.25) is 5.91 Å². The summed E-state index contributed by atoms with van der Waals surface area (Å²) < 4.78 is 0.982. The largest absolute Gasteiger partial charge is 0.507 e. The van der Waals surface area contributed by atoms with Gasteiger partial charge in [0.1, 0.15) is 5.75 Å². The second-order valence-electron chi connectivity index (χ2n) is 11.9. The number of thiazole rings is 1. The second kappa shape index (κ2) is 10.7. The lowest BCUT2D eigenvalue weighted by Crippen LogP contribution is -2.36. The van der Waals surface area contributed by atoms with Crippen LogP contribution in [0.2, 0.25) is 0 Å². The molecule has 1 fully saturated rings. The van der Waals surface area contributed by atoms with Crippen molar-refractivity contribution in [3.63, 3.8) is 0 Å². The molecule has 0 spiro atoms. The minimum Gasteiger partial charge on any atom is -0.507 e. The summed E-state index contributed by atoms with van der Waals surface area (Å²) in [5.74, 6) is 0.809. The number of benzene rings is 2. The van der Waals surface area contributed by atoms with Gasteiger partial charge < -0.3 is 10.0 Å². The van der Waals surface area contributed by atoms with Gasteiger partial charge in [0.05, 0.1) is 10.7 Å². The summed E-state index contributed by atoms with van der Waals surface area (Å²) in [6.07, 6.45) is 5.38. The third-order valence-corrected chi connectivity index (χ3v) is 8.74. The van der Waals surface area contributed by atoms with Crippen molar-refractivity contribution in [3.05, 3.63) is 74.0 Å². The zero-order valence-corrected chi connectivity index (χ0v) is 25.0. The molecular formula is C31H37BrN2O2S. The highest BCUT2D eigenvalue weighted by molar-refractivity contribution is 9.10. The number of piperidine rings is 1. The summed E-state index contributed by atoms with van der Waals surface area (Å²) in [6, 6.07) is 12.1. The molecule has 1 saturated heterocycles. The Labute approximate surface area is 233 Å². The number of hydrogen-bond donors (Lipinski definition) is 1. The molecule has 0 saturated carbocycles. The maximum absolute atomic E-state index is 12.8. The van der Waals surface area contributed by atoms with E-state index in [2.05, 4.69) is 75.0 Å². The molecule has 6 heteroatoms. The predicted octanol–water partition coefficient (Wildman–Crippen LogP) is 8.29. The monoisotopic (exact) mass is 580 g/mol. The predicted molar refractivity (Wildman–Crippen MR) is 158 cm³/mol. The van der Waals surface area contributed by atoms with Gasteiger partial charge in [-0.1, -0.05) is 75.7 Å². The van der Waals surface area contributed by atoms with E-state index in [1.165, 1.54) is 0 Å². The number of amides is 1. The average Bonchev–Trinajstić information content (AvgIpc) is 3.32. The highest BCUT2D eigenvalue weighted by Gasteiger charge is 2.28. The van der Waals surface area contributed by atoms with E-state index in [-0.39, 0.29) is 16.7 Å². The van der Waals surface area contributed by atoms with E-state index in [9.17, 15) is 9.90 Å². The Kier molecular flexibility index (Phi) is 8.01. The van der Waals surface area contributed by atoms with E-state index in [1.54, 1.807) is 17.4 Å². The maximum Gasteiger partial charge on any atom is 0.246 e. The molecule has 4 nitrogen and oxygen atoms in total. The number of carbonyl (C=O) groups is 1. The molecule has 0 bridgehead atoms. The first-order valence-corrected chi connectivity index (χ1v) is 14.6. The van der Waals surface area contributed by atoms with Crippen LogP contribution in [0.25, 0.3) is 17.3 Å². The molecular weight excluding hydrogens is 544 g/mol. The molecule has 0 unspecified atom stereocenters. The van der Waals surface area contributed by atoms with Crippen LogP contribution in [0.4, 0.5) is 0 Å².